The van der Waals surface area contributed by atoms with E-state index in [4.69, 9.17) is 15.0 Å². The molecule has 1 saturated heterocycles. The smallest absolute Gasteiger partial charge is 0.137 e. The second kappa shape index (κ2) is 7.10. The van der Waals surface area contributed by atoms with Crippen molar-refractivity contribution in [1.82, 2.24) is 14.7 Å². The summed E-state index contributed by atoms with van der Waals surface area (Å²) in [6.45, 7) is 6.10. The number of nitriles is 1. The van der Waals surface area contributed by atoms with Crippen LogP contribution in [-0.2, 0) is 11.2 Å². The molecule has 0 bridgehead atoms. The van der Waals surface area contributed by atoms with E-state index in [2.05, 4.69) is 5.32 Å². The summed E-state index contributed by atoms with van der Waals surface area (Å²) in [7, 11) is 0. The number of nitrogens with zero attached hydrogens (tertiary/aromatic N) is 3. The van der Waals surface area contributed by atoms with Crippen LogP contribution >= 0.6 is 0 Å². The van der Waals surface area contributed by atoms with Crippen molar-refractivity contribution < 1.29 is 9.13 Å². The Morgan fingerprint density at radius 1 is 1.37 bits per heavy atom. The van der Waals surface area contributed by atoms with Gasteiger partial charge in [-0.25, -0.2) is 9.37 Å². The predicted octanol–water partition coefficient (Wildman–Crippen LogP) is 3.16. The molecule has 1 aliphatic rings. The van der Waals surface area contributed by atoms with Crippen molar-refractivity contribution in [2.45, 2.75) is 26.4 Å². The number of benzene rings is 1. The van der Waals surface area contributed by atoms with Gasteiger partial charge in [0.1, 0.15) is 11.5 Å². The van der Waals surface area contributed by atoms with Crippen LogP contribution < -0.4 is 5.32 Å². The Bertz CT molecular complexity index is 1020. The predicted molar refractivity (Wildman–Crippen MR) is 101 cm³/mol. The highest BCUT2D eigenvalue weighted by Crippen LogP contribution is 2.32. The van der Waals surface area contributed by atoms with Crippen molar-refractivity contribution in [1.29, 1.82) is 5.26 Å². The first-order valence-corrected chi connectivity index (χ1v) is 9.07. The summed E-state index contributed by atoms with van der Waals surface area (Å²) >= 11 is 0. The van der Waals surface area contributed by atoms with Gasteiger partial charge in [0.2, 0.25) is 0 Å². The van der Waals surface area contributed by atoms with E-state index in [0.717, 1.165) is 30.0 Å². The van der Waals surface area contributed by atoms with Gasteiger partial charge in [-0.3, -0.25) is 0 Å². The highest BCUT2D eigenvalue weighted by molar-refractivity contribution is 5.71. The van der Waals surface area contributed by atoms with Gasteiger partial charge in [-0.15, -0.1) is 0 Å². The number of aromatic nitrogens is 2. The Balaban J connectivity index is 1.89. The molecule has 0 unspecified atom stereocenters. The molecule has 1 aromatic carbocycles. The molecule has 1 fully saturated rings. The van der Waals surface area contributed by atoms with Crippen LogP contribution in [0.25, 0.3) is 16.9 Å². The van der Waals surface area contributed by atoms with Crippen LogP contribution in [-0.4, -0.2) is 35.2 Å². The molecule has 0 spiro atoms. The fourth-order valence-corrected chi connectivity index (χ4v) is 3.67. The molecule has 1 aliphatic heterocycles. The second-order valence-corrected chi connectivity index (χ2v) is 7.00. The number of rotatable bonds is 3. The lowest BCUT2D eigenvalue weighted by Gasteiger charge is -2.24. The maximum absolute atomic E-state index is 14.9. The van der Waals surface area contributed by atoms with Gasteiger partial charge in [-0.2, -0.15) is 5.26 Å². The number of aryl methyl sites for hydroxylation is 2. The average molecular weight is 364 g/mol. The standard InChI is InChI=1S/C21H21FN4O/c1-13-3-5-26-18(10-16-12-24-4-6-27-16)21(25-19(26)7-13)20-14(2)8-15(11-23)9-17(20)22/h3,5,7-9,16,24H,4,6,10,12H2,1-2H3/t16-/m0/s1. The van der Waals surface area contributed by atoms with Gasteiger partial charge < -0.3 is 14.5 Å². The number of halogens is 1. The lowest BCUT2D eigenvalue weighted by atomic mass is 9.99. The molecule has 0 aliphatic carbocycles. The van der Waals surface area contributed by atoms with E-state index >= 15 is 0 Å². The summed E-state index contributed by atoms with van der Waals surface area (Å²) in [5.74, 6) is -0.421. The molecule has 5 nitrogen and oxygen atoms in total. The average Bonchev–Trinajstić information content (AvgIpc) is 2.99. The van der Waals surface area contributed by atoms with Crippen LogP contribution in [0.3, 0.4) is 0 Å². The summed E-state index contributed by atoms with van der Waals surface area (Å²) < 4.78 is 22.8. The lowest BCUT2D eigenvalue weighted by molar-refractivity contribution is 0.0286. The molecule has 6 heteroatoms. The highest BCUT2D eigenvalue weighted by Gasteiger charge is 2.23. The van der Waals surface area contributed by atoms with Gasteiger partial charge in [-0.05, 0) is 49.2 Å². The zero-order chi connectivity index (χ0) is 19.0. The molecule has 138 valence electrons. The normalized spacial score (nSPS) is 17.2. The quantitative estimate of drug-likeness (QED) is 0.775. The largest absolute Gasteiger partial charge is 0.375 e. The minimum absolute atomic E-state index is 0.0143. The van der Waals surface area contributed by atoms with Gasteiger partial charge in [0, 0.05) is 31.3 Å². The third-order valence-electron chi connectivity index (χ3n) is 4.96. The van der Waals surface area contributed by atoms with Crippen LogP contribution in [0.4, 0.5) is 4.39 Å². The summed E-state index contributed by atoms with van der Waals surface area (Å²) in [6, 6.07) is 9.00. The molecule has 0 saturated carbocycles. The first-order valence-electron chi connectivity index (χ1n) is 9.07. The van der Waals surface area contributed by atoms with Crippen LogP contribution in [0.1, 0.15) is 22.4 Å². The van der Waals surface area contributed by atoms with Crippen molar-refractivity contribution in [2.75, 3.05) is 19.7 Å². The van der Waals surface area contributed by atoms with E-state index < -0.39 is 5.82 Å². The first-order chi connectivity index (χ1) is 13.1. The summed E-state index contributed by atoms with van der Waals surface area (Å²) in [6.07, 6.45) is 2.62. The number of imidazole rings is 1. The Labute approximate surface area is 157 Å². The topological polar surface area (TPSA) is 62.3 Å². The van der Waals surface area contributed by atoms with E-state index in [9.17, 15) is 4.39 Å². The molecule has 1 N–H and O–H groups in total. The van der Waals surface area contributed by atoms with Crippen molar-refractivity contribution in [2.24, 2.45) is 0 Å². The Kier molecular flexibility index (Phi) is 4.65. The van der Waals surface area contributed by atoms with Gasteiger partial charge in [0.25, 0.3) is 0 Å². The minimum atomic E-state index is -0.421. The molecule has 3 heterocycles. The molecule has 4 rings (SSSR count). The molecule has 0 amide bonds. The van der Waals surface area contributed by atoms with Gasteiger partial charge in [-0.1, -0.05) is 0 Å². The van der Waals surface area contributed by atoms with E-state index in [1.165, 1.54) is 6.07 Å². The monoisotopic (exact) mass is 364 g/mol. The van der Waals surface area contributed by atoms with E-state index in [0.29, 0.717) is 35.4 Å². The molecule has 0 radical (unpaired) electrons. The lowest BCUT2D eigenvalue weighted by Crippen LogP contribution is -2.39. The maximum atomic E-state index is 14.9. The van der Waals surface area contributed by atoms with Crippen molar-refractivity contribution >= 4 is 5.65 Å². The van der Waals surface area contributed by atoms with Crippen LogP contribution in [0, 0.1) is 31.0 Å². The third-order valence-corrected chi connectivity index (χ3v) is 4.96. The number of morpholine rings is 1. The Morgan fingerprint density at radius 3 is 2.93 bits per heavy atom. The maximum Gasteiger partial charge on any atom is 0.137 e. The number of ether oxygens (including phenoxy) is 1. The summed E-state index contributed by atoms with van der Waals surface area (Å²) in [4.78, 5) is 4.75. The van der Waals surface area contributed by atoms with Crippen molar-refractivity contribution in [3.63, 3.8) is 0 Å². The molecule has 3 aromatic rings. The third kappa shape index (κ3) is 3.32. The number of nitrogens with one attached hydrogen (secondary N) is 1. The fraction of sp³-hybridized carbons (Fsp3) is 0.333. The zero-order valence-electron chi connectivity index (χ0n) is 15.4. The molecular formula is C21H21FN4O. The van der Waals surface area contributed by atoms with Gasteiger partial charge in [0.15, 0.2) is 0 Å². The molecule has 2 aromatic heterocycles. The Morgan fingerprint density at radius 2 is 2.22 bits per heavy atom. The fourth-order valence-electron chi connectivity index (χ4n) is 3.67. The summed E-state index contributed by atoms with van der Waals surface area (Å²) in [5, 5.41) is 12.4. The number of hydrogen-bond donors (Lipinski definition) is 1. The number of fused-ring (bicyclic) bond motifs is 1. The zero-order valence-corrected chi connectivity index (χ0v) is 15.4. The van der Waals surface area contributed by atoms with Crippen LogP contribution in [0.5, 0.6) is 0 Å². The Hall–Kier alpha value is -2.75. The highest BCUT2D eigenvalue weighted by atomic mass is 19.1. The van der Waals surface area contributed by atoms with E-state index in [1.807, 2.05) is 42.6 Å². The van der Waals surface area contributed by atoms with Crippen molar-refractivity contribution in [3.8, 4) is 17.3 Å². The van der Waals surface area contributed by atoms with Crippen LogP contribution in [0.15, 0.2) is 30.5 Å². The van der Waals surface area contributed by atoms with E-state index in [-0.39, 0.29) is 6.10 Å². The van der Waals surface area contributed by atoms with Gasteiger partial charge >= 0.3 is 0 Å². The number of pyridine rings is 1. The van der Waals surface area contributed by atoms with E-state index in [1.54, 1.807) is 6.07 Å². The second-order valence-electron chi connectivity index (χ2n) is 7.00. The van der Waals surface area contributed by atoms with Crippen LogP contribution in [0.2, 0.25) is 0 Å². The van der Waals surface area contributed by atoms with Crippen molar-refractivity contribution in [3.05, 3.63) is 58.7 Å². The molecule has 27 heavy (non-hydrogen) atoms. The molecule has 1 atom stereocenters. The first kappa shape index (κ1) is 17.7. The number of hydrogen-bond acceptors (Lipinski definition) is 4. The summed E-state index contributed by atoms with van der Waals surface area (Å²) in [5.41, 5.74) is 4.89. The SMILES string of the molecule is Cc1ccn2c(C[C@H]3CNCCO3)c(-c3c(C)cc(C#N)cc3F)nc2c1. The minimum Gasteiger partial charge on any atom is -0.375 e. The van der Waals surface area contributed by atoms with Gasteiger partial charge in [0.05, 0.1) is 35.7 Å². The molecular weight excluding hydrogens is 343 g/mol.